The van der Waals surface area contributed by atoms with Gasteiger partial charge in [0.15, 0.2) is 0 Å². The van der Waals surface area contributed by atoms with Crippen LogP contribution in [0.2, 0.25) is 0 Å². The third kappa shape index (κ3) is 2.63. The van der Waals surface area contributed by atoms with Crippen LogP contribution in [0.25, 0.3) is 10.9 Å². The molecule has 4 rings (SSSR count). The zero-order valence-corrected chi connectivity index (χ0v) is 13.2. The van der Waals surface area contributed by atoms with E-state index in [2.05, 4.69) is 27.9 Å². The number of aromatic nitrogens is 2. The van der Waals surface area contributed by atoms with E-state index >= 15 is 0 Å². The van der Waals surface area contributed by atoms with Crippen LogP contribution in [0, 0.1) is 12.7 Å². The number of pyridine rings is 1. The summed E-state index contributed by atoms with van der Waals surface area (Å²) < 4.78 is 13.5. The number of nitrogens with zero attached hydrogens (tertiary/aromatic N) is 2. The molecule has 3 heterocycles. The van der Waals surface area contributed by atoms with Crippen molar-refractivity contribution in [3.8, 4) is 0 Å². The molecule has 1 aliphatic rings. The molecular formula is C19H20FN3. The zero-order chi connectivity index (χ0) is 15.8. The second-order valence-corrected chi connectivity index (χ2v) is 6.33. The number of H-pyrrole nitrogens is 1. The van der Waals surface area contributed by atoms with Gasteiger partial charge < -0.3 is 4.98 Å². The predicted octanol–water partition coefficient (Wildman–Crippen LogP) is 4.35. The Morgan fingerprint density at radius 3 is 3.09 bits per heavy atom. The number of likely N-dealkylation sites (tertiary alicyclic amines) is 1. The molecule has 0 bridgehead atoms. The first-order chi connectivity index (χ1) is 11.2. The molecule has 1 fully saturated rings. The zero-order valence-electron chi connectivity index (χ0n) is 13.2. The van der Waals surface area contributed by atoms with E-state index in [1.165, 1.54) is 30.2 Å². The predicted molar refractivity (Wildman–Crippen MR) is 89.6 cm³/mol. The number of aryl methyl sites for hydroxylation is 1. The van der Waals surface area contributed by atoms with Crippen molar-refractivity contribution in [3.63, 3.8) is 0 Å². The van der Waals surface area contributed by atoms with E-state index < -0.39 is 0 Å². The normalized spacial score (nSPS) is 18.8. The summed E-state index contributed by atoms with van der Waals surface area (Å²) in [7, 11) is 0. The van der Waals surface area contributed by atoms with E-state index in [1.807, 2.05) is 24.5 Å². The molecule has 0 aliphatic carbocycles. The molecule has 1 aromatic carbocycles. The molecule has 1 saturated heterocycles. The topological polar surface area (TPSA) is 31.9 Å². The van der Waals surface area contributed by atoms with Crippen LogP contribution in [-0.4, -0.2) is 21.4 Å². The second-order valence-electron chi connectivity index (χ2n) is 6.33. The highest BCUT2D eigenvalue weighted by Crippen LogP contribution is 2.34. The molecule has 23 heavy (non-hydrogen) atoms. The lowest BCUT2D eigenvalue weighted by atomic mass is 10.1. The van der Waals surface area contributed by atoms with Gasteiger partial charge in [-0.3, -0.25) is 9.88 Å². The van der Waals surface area contributed by atoms with Crippen LogP contribution in [0.5, 0.6) is 0 Å². The first-order valence-electron chi connectivity index (χ1n) is 8.13. The highest BCUT2D eigenvalue weighted by Gasteiger charge is 2.27. The minimum absolute atomic E-state index is 0.180. The third-order valence-electron chi connectivity index (χ3n) is 4.92. The van der Waals surface area contributed by atoms with Gasteiger partial charge >= 0.3 is 0 Å². The van der Waals surface area contributed by atoms with Gasteiger partial charge in [0.2, 0.25) is 0 Å². The second kappa shape index (κ2) is 5.78. The van der Waals surface area contributed by atoms with E-state index in [-0.39, 0.29) is 5.82 Å². The molecule has 3 nitrogen and oxygen atoms in total. The number of benzene rings is 1. The molecule has 0 saturated carbocycles. The lowest BCUT2D eigenvalue weighted by Crippen LogP contribution is -2.23. The molecule has 3 aromatic rings. The maximum absolute atomic E-state index is 13.5. The monoisotopic (exact) mass is 309 g/mol. The minimum atomic E-state index is -0.180. The number of fused-ring (bicyclic) bond motifs is 1. The van der Waals surface area contributed by atoms with Crippen molar-refractivity contribution in [2.45, 2.75) is 32.4 Å². The van der Waals surface area contributed by atoms with Crippen molar-refractivity contribution in [3.05, 3.63) is 65.4 Å². The molecule has 4 heteroatoms. The fourth-order valence-electron chi connectivity index (χ4n) is 3.68. The van der Waals surface area contributed by atoms with E-state index in [1.54, 1.807) is 6.07 Å². The smallest absolute Gasteiger partial charge is 0.123 e. The van der Waals surface area contributed by atoms with Crippen molar-refractivity contribution in [1.82, 2.24) is 14.9 Å². The van der Waals surface area contributed by atoms with E-state index in [9.17, 15) is 4.39 Å². The maximum atomic E-state index is 13.5. The summed E-state index contributed by atoms with van der Waals surface area (Å²) in [5.74, 6) is -0.180. The number of aromatic amines is 1. The Morgan fingerprint density at radius 2 is 2.26 bits per heavy atom. The molecule has 0 spiro atoms. The largest absolute Gasteiger partial charge is 0.357 e. The Bertz CT molecular complexity index is 825. The number of rotatable bonds is 3. The number of hydrogen-bond acceptors (Lipinski definition) is 2. The number of hydrogen-bond donors (Lipinski definition) is 1. The Hall–Kier alpha value is -2.20. The van der Waals surface area contributed by atoms with Gasteiger partial charge in [-0.2, -0.15) is 0 Å². The van der Waals surface area contributed by atoms with Gasteiger partial charge in [-0.25, -0.2) is 4.39 Å². The Labute approximate surface area is 135 Å². The van der Waals surface area contributed by atoms with Gasteiger partial charge in [-0.05, 0) is 61.7 Å². The summed E-state index contributed by atoms with van der Waals surface area (Å²) in [5.41, 5.74) is 4.62. The van der Waals surface area contributed by atoms with Gasteiger partial charge in [-0.1, -0.05) is 6.07 Å². The quantitative estimate of drug-likeness (QED) is 0.780. The molecule has 2 aromatic heterocycles. The molecule has 1 atom stereocenters. The first-order valence-corrected chi connectivity index (χ1v) is 8.13. The standard InChI is InChI=1S/C19H20FN3/c1-13-16-10-15(20)6-7-17(16)22-18(13)12-23-9-3-5-19(23)14-4-2-8-21-11-14/h2,4,6-8,10-11,19,22H,3,5,9,12H2,1H3. The van der Waals surface area contributed by atoms with Crippen molar-refractivity contribution in [2.24, 2.45) is 0 Å². The molecular weight excluding hydrogens is 289 g/mol. The lowest BCUT2D eigenvalue weighted by Gasteiger charge is -2.24. The van der Waals surface area contributed by atoms with Gasteiger partial charge in [0.1, 0.15) is 5.82 Å². The molecule has 118 valence electrons. The summed E-state index contributed by atoms with van der Waals surface area (Å²) in [5, 5.41) is 0.983. The van der Waals surface area contributed by atoms with Crippen molar-refractivity contribution in [1.29, 1.82) is 0 Å². The summed E-state index contributed by atoms with van der Waals surface area (Å²) in [6.45, 7) is 4.02. The summed E-state index contributed by atoms with van der Waals surface area (Å²) in [4.78, 5) is 10.2. The first kappa shape index (κ1) is 14.4. The Kier molecular flexibility index (Phi) is 3.62. The van der Waals surface area contributed by atoms with Crippen LogP contribution in [0.15, 0.2) is 42.7 Å². The highest BCUT2D eigenvalue weighted by molar-refractivity contribution is 5.84. The molecule has 0 radical (unpaired) electrons. The van der Waals surface area contributed by atoms with Crippen molar-refractivity contribution >= 4 is 10.9 Å². The van der Waals surface area contributed by atoms with Gasteiger partial charge in [0.25, 0.3) is 0 Å². The molecule has 1 aliphatic heterocycles. The molecule has 0 amide bonds. The van der Waals surface area contributed by atoms with E-state index in [0.717, 1.165) is 29.6 Å². The maximum Gasteiger partial charge on any atom is 0.123 e. The molecule has 1 N–H and O–H groups in total. The highest BCUT2D eigenvalue weighted by atomic mass is 19.1. The Balaban J connectivity index is 1.63. The lowest BCUT2D eigenvalue weighted by molar-refractivity contribution is 0.245. The van der Waals surface area contributed by atoms with Crippen molar-refractivity contribution in [2.75, 3.05) is 6.54 Å². The van der Waals surface area contributed by atoms with Crippen LogP contribution >= 0.6 is 0 Å². The number of halogens is 1. The van der Waals surface area contributed by atoms with Crippen LogP contribution in [-0.2, 0) is 6.54 Å². The van der Waals surface area contributed by atoms with Crippen LogP contribution in [0.4, 0.5) is 4.39 Å². The van der Waals surface area contributed by atoms with Crippen molar-refractivity contribution < 1.29 is 4.39 Å². The summed E-state index contributed by atoms with van der Waals surface area (Å²) >= 11 is 0. The van der Waals surface area contributed by atoms with Crippen LogP contribution in [0.3, 0.4) is 0 Å². The van der Waals surface area contributed by atoms with Gasteiger partial charge in [-0.15, -0.1) is 0 Å². The van der Waals surface area contributed by atoms with Crippen LogP contribution in [0.1, 0.15) is 35.7 Å². The van der Waals surface area contributed by atoms with E-state index in [0.29, 0.717) is 6.04 Å². The summed E-state index contributed by atoms with van der Waals surface area (Å²) in [6.07, 6.45) is 6.16. The number of nitrogens with one attached hydrogen (secondary N) is 1. The SMILES string of the molecule is Cc1c(CN2CCCC2c2cccnc2)[nH]c2ccc(F)cc12. The average Bonchev–Trinajstić information content (AvgIpc) is 3.15. The van der Waals surface area contributed by atoms with Gasteiger partial charge in [0.05, 0.1) is 0 Å². The van der Waals surface area contributed by atoms with E-state index in [4.69, 9.17) is 0 Å². The average molecular weight is 309 g/mol. The minimum Gasteiger partial charge on any atom is -0.357 e. The Morgan fingerprint density at radius 1 is 1.35 bits per heavy atom. The van der Waals surface area contributed by atoms with Gasteiger partial charge in [0, 0.05) is 41.6 Å². The summed E-state index contributed by atoms with van der Waals surface area (Å²) in [6, 6.07) is 9.53. The fourth-order valence-corrected chi connectivity index (χ4v) is 3.68. The molecule has 1 unspecified atom stereocenters. The fraction of sp³-hybridized carbons (Fsp3) is 0.316. The van der Waals surface area contributed by atoms with Crippen LogP contribution < -0.4 is 0 Å². The third-order valence-corrected chi connectivity index (χ3v) is 4.92.